The van der Waals surface area contributed by atoms with Gasteiger partial charge in [0.1, 0.15) is 0 Å². The van der Waals surface area contributed by atoms with E-state index in [2.05, 4.69) is 50.2 Å². The van der Waals surface area contributed by atoms with Crippen LogP contribution in [0.25, 0.3) is 0 Å². The summed E-state index contributed by atoms with van der Waals surface area (Å²) in [6.45, 7) is 8.88. The van der Waals surface area contributed by atoms with Crippen LogP contribution < -0.4 is 5.32 Å². The van der Waals surface area contributed by atoms with E-state index >= 15 is 0 Å². The van der Waals surface area contributed by atoms with Gasteiger partial charge in [-0.25, -0.2) is 0 Å². The largest absolute Gasteiger partial charge is 0.315 e. The van der Waals surface area contributed by atoms with Crippen LogP contribution in [0.1, 0.15) is 45.2 Å². The number of hydrogen-bond acceptors (Lipinski definition) is 2. The molecule has 0 amide bonds. The Balaban J connectivity index is 2.46. The van der Waals surface area contributed by atoms with E-state index in [1.807, 2.05) is 12.1 Å². The smallest absolute Gasteiger partial charge is 0.0406 e. The molecular formula is C16H27ClN2. The van der Waals surface area contributed by atoms with E-state index in [0.29, 0.717) is 12.1 Å². The van der Waals surface area contributed by atoms with Crippen LogP contribution in [0.15, 0.2) is 24.3 Å². The van der Waals surface area contributed by atoms with Crippen molar-refractivity contribution < 1.29 is 0 Å². The number of unbranched alkanes of at least 4 members (excludes halogenated alkanes) is 1. The molecule has 0 aliphatic heterocycles. The van der Waals surface area contributed by atoms with Gasteiger partial charge < -0.3 is 5.32 Å². The molecule has 2 unspecified atom stereocenters. The molecule has 108 valence electrons. The first-order valence-electron chi connectivity index (χ1n) is 7.24. The van der Waals surface area contributed by atoms with Crippen molar-refractivity contribution in [3.8, 4) is 0 Å². The van der Waals surface area contributed by atoms with Gasteiger partial charge in [0.2, 0.25) is 0 Å². The van der Waals surface area contributed by atoms with Crippen LogP contribution in [-0.2, 0) is 0 Å². The zero-order valence-corrected chi connectivity index (χ0v) is 13.4. The molecule has 0 saturated carbocycles. The highest BCUT2D eigenvalue weighted by atomic mass is 35.5. The summed E-state index contributed by atoms with van der Waals surface area (Å²) in [5.74, 6) is 0. The Kier molecular flexibility index (Phi) is 7.44. The van der Waals surface area contributed by atoms with Gasteiger partial charge in [-0.1, -0.05) is 37.1 Å². The van der Waals surface area contributed by atoms with Crippen LogP contribution in [0.3, 0.4) is 0 Å². The Morgan fingerprint density at radius 3 is 2.42 bits per heavy atom. The molecule has 1 aromatic carbocycles. The van der Waals surface area contributed by atoms with E-state index in [4.69, 9.17) is 11.6 Å². The van der Waals surface area contributed by atoms with Crippen LogP contribution in [0.5, 0.6) is 0 Å². The molecule has 1 rings (SSSR count). The highest BCUT2D eigenvalue weighted by Crippen LogP contribution is 2.22. The maximum atomic E-state index is 5.93. The highest BCUT2D eigenvalue weighted by molar-refractivity contribution is 6.30. The Morgan fingerprint density at radius 2 is 1.84 bits per heavy atom. The second kappa shape index (κ2) is 8.57. The molecule has 1 aromatic rings. The van der Waals surface area contributed by atoms with E-state index in [0.717, 1.165) is 18.1 Å². The zero-order valence-electron chi connectivity index (χ0n) is 12.6. The van der Waals surface area contributed by atoms with E-state index in [9.17, 15) is 0 Å². The van der Waals surface area contributed by atoms with Gasteiger partial charge in [0.05, 0.1) is 0 Å². The Morgan fingerprint density at radius 1 is 1.21 bits per heavy atom. The predicted molar refractivity (Wildman–Crippen MR) is 84.9 cm³/mol. The SMILES string of the molecule is CCCCNCC(C)N(C)C(C)c1ccc(Cl)cc1. The molecule has 0 radical (unpaired) electrons. The molecule has 0 heterocycles. The van der Waals surface area contributed by atoms with Gasteiger partial charge >= 0.3 is 0 Å². The Hall–Kier alpha value is -0.570. The molecule has 0 saturated heterocycles. The van der Waals surface area contributed by atoms with Crippen LogP contribution in [0.2, 0.25) is 5.02 Å². The maximum absolute atomic E-state index is 5.93. The van der Waals surface area contributed by atoms with Crippen molar-refractivity contribution >= 4 is 11.6 Å². The summed E-state index contributed by atoms with van der Waals surface area (Å²) in [4.78, 5) is 2.40. The molecule has 0 fully saturated rings. The van der Waals surface area contributed by atoms with E-state index in [1.165, 1.54) is 18.4 Å². The lowest BCUT2D eigenvalue weighted by Crippen LogP contribution is -2.39. The lowest BCUT2D eigenvalue weighted by atomic mass is 10.1. The first kappa shape index (κ1) is 16.5. The quantitative estimate of drug-likeness (QED) is 0.722. The van der Waals surface area contributed by atoms with Gasteiger partial charge in [-0.2, -0.15) is 0 Å². The number of nitrogens with one attached hydrogen (secondary N) is 1. The Labute approximate surface area is 123 Å². The van der Waals surface area contributed by atoms with Gasteiger partial charge in [0.25, 0.3) is 0 Å². The molecule has 2 nitrogen and oxygen atoms in total. The number of benzene rings is 1. The average molecular weight is 283 g/mol. The molecular weight excluding hydrogens is 256 g/mol. The van der Waals surface area contributed by atoms with Crippen LogP contribution >= 0.6 is 11.6 Å². The lowest BCUT2D eigenvalue weighted by Gasteiger charge is -2.31. The number of hydrogen-bond donors (Lipinski definition) is 1. The fourth-order valence-electron chi connectivity index (χ4n) is 2.11. The van der Waals surface area contributed by atoms with E-state index in [1.54, 1.807) is 0 Å². The van der Waals surface area contributed by atoms with Crippen molar-refractivity contribution in [3.63, 3.8) is 0 Å². The van der Waals surface area contributed by atoms with Gasteiger partial charge in [-0.15, -0.1) is 0 Å². The second-order valence-electron chi connectivity index (χ2n) is 5.30. The third-order valence-electron chi connectivity index (χ3n) is 3.81. The first-order chi connectivity index (χ1) is 9.06. The highest BCUT2D eigenvalue weighted by Gasteiger charge is 2.16. The molecule has 2 atom stereocenters. The van der Waals surface area contributed by atoms with Crippen molar-refractivity contribution in [3.05, 3.63) is 34.9 Å². The molecule has 1 N–H and O–H groups in total. The number of nitrogens with zero attached hydrogens (tertiary/aromatic N) is 1. The summed E-state index contributed by atoms with van der Waals surface area (Å²) in [5.41, 5.74) is 1.31. The van der Waals surface area contributed by atoms with Crippen LogP contribution in [0.4, 0.5) is 0 Å². The number of rotatable bonds is 8. The molecule has 3 heteroatoms. The Bertz CT molecular complexity index is 350. The zero-order chi connectivity index (χ0) is 14.3. The number of likely N-dealkylation sites (N-methyl/N-ethyl adjacent to an activating group) is 1. The monoisotopic (exact) mass is 282 g/mol. The second-order valence-corrected chi connectivity index (χ2v) is 5.74. The summed E-state index contributed by atoms with van der Waals surface area (Å²) in [7, 11) is 2.19. The van der Waals surface area contributed by atoms with Gasteiger partial charge in [-0.05, 0) is 51.6 Å². The van der Waals surface area contributed by atoms with Crippen LogP contribution in [0, 0.1) is 0 Å². The molecule has 0 aliphatic rings. The minimum atomic E-state index is 0.403. The fraction of sp³-hybridized carbons (Fsp3) is 0.625. The van der Waals surface area contributed by atoms with Gasteiger partial charge in [-0.3, -0.25) is 4.90 Å². The number of halogens is 1. The third kappa shape index (κ3) is 5.52. The summed E-state index contributed by atoms with van der Waals surface area (Å²) >= 11 is 5.93. The van der Waals surface area contributed by atoms with E-state index < -0.39 is 0 Å². The average Bonchev–Trinajstić information content (AvgIpc) is 2.42. The molecule has 0 aromatic heterocycles. The van der Waals surface area contributed by atoms with Gasteiger partial charge in [0.15, 0.2) is 0 Å². The summed E-state index contributed by atoms with van der Waals surface area (Å²) < 4.78 is 0. The summed E-state index contributed by atoms with van der Waals surface area (Å²) in [6, 6.07) is 9.07. The van der Waals surface area contributed by atoms with Crippen molar-refractivity contribution in [2.45, 2.75) is 45.7 Å². The minimum absolute atomic E-state index is 0.403. The summed E-state index contributed by atoms with van der Waals surface area (Å²) in [5, 5.41) is 4.32. The standard InChI is InChI=1S/C16H27ClN2/c1-5-6-11-18-12-13(2)19(4)14(3)15-7-9-16(17)10-8-15/h7-10,13-14,18H,5-6,11-12H2,1-4H3. The summed E-state index contributed by atoms with van der Waals surface area (Å²) in [6.07, 6.45) is 2.50. The molecule has 0 aliphatic carbocycles. The van der Waals surface area contributed by atoms with Crippen molar-refractivity contribution in [1.29, 1.82) is 0 Å². The third-order valence-corrected chi connectivity index (χ3v) is 4.06. The predicted octanol–water partition coefficient (Wildman–Crippen LogP) is 4.11. The van der Waals surface area contributed by atoms with Crippen molar-refractivity contribution in [1.82, 2.24) is 10.2 Å². The normalized spacial score (nSPS) is 14.6. The molecule has 0 spiro atoms. The molecule has 19 heavy (non-hydrogen) atoms. The molecule has 0 bridgehead atoms. The van der Waals surface area contributed by atoms with Crippen molar-refractivity contribution in [2.24, 2.45) is 0 Å². The minimum Gasteiger partial charge on any atom is -0.315 e. The fourth-order valence-corrected chi connectivity index (χ4v) is 2.24. The lowest BCUT2D eigenvalue weighted by molar-refractivity contribution is 0.193. The van der Waals surface area contributed by atoms with Crippen molar-refractivity contribution in [2.75, 3.05) is 20.1 Å². The van der Waals surface area contributed by atoms with E-state index in [-0.39, 0.29) is 0 Å². The first-order valence-corrected chi connectivity index (χ1v) is 7.62. The van der Waals surface area contributed by atoms with Crippen LogP contribution in [-0.4, -0.2) is 31.1 Å². The maximum Gasteiger partial charge on any atom is 0.0406 e. The topological polar surface area (TPSA) is 15.3 Å². The van der Waals surface area contributed by atoms with Gasteiger partial charge in [0, 0.05) is 23.7 Å².